The minimum Gasteiger partial charge on any atom is -0.468 e. The number of carbonyl (C=O) groups is 2. The predicted molar refractivity (Wildman–Crippen MR) is 47.6 cm³/mol. The van der Waals surface area contributed by atoms with Crippen LogP contribution in [0.5, 0.6) is 0 Å². The van der Waals surface area contributed by atoms with E-state index in [1.807, 2.05) is 0 Å². The normalized spacial score (nSPS) is 9.57. The molecule has 14 heavy (non-hydrogen) atoms. The lowest BCUT2D eigenvalue weighted by Gasteiger charge is -2.00. The molecule has 1 aromatic rings. The van der Waals surface area contributed by atoms with Crippen molar-refractivity contribution >= 4 is 11.9 Å². The van der Waals surface area contributed by atoms with Gasteiger partial charge in [0.25, 0.3) is 5.91 Å². The van der Waals surface area contributed by atoms with E-state index in [1.54, 1.807) is 19.3 Å². The Morgan fingerprint density at radius 1 is 1.64 bits per heavy atom. The molecule has 0 aromatic carbocycles. The summed E-state index contributed by atoms with van der Waals surface area (Å²) >= 11 is 0. The Balaban J connectivity index is 2.47. The van der Waals surface area contributed by atoms with Crippen molar-refractivity contribution < 1.29 is 14.3 Å². The molecule has 6 heteroatoms. The highest BCUT2D eigenvalue weighted by Crippen LogP contribution is 1.92. The van der Waals surface area contributed by atoms with E-state index < -0.39 is 11.9 Å². The maximum Gasteiger partial charge on any atom is 0.325 e. The van der Waals surface area contributed by atoms with Gasteiger partial charge in [0.1, 0.15) is 12.2 Å². The van der Waals surface area contributed by atoms with E-state index in [2.05, 4.69) is 15.2 Å². The van der Waals surface area contributed by atoms with Gasteiger partial charge in [0.05, 0.1) is 7.11 Å². The van der Waals surface area contributed by atoms with Crippen molar-refractivity contribution in [2.75, 3.05) is 13.7 Å². The molecule has 0 aliphatic carbocycles. The molecule has 0 atom stereocenters. The van der Waals surface area contributed by atoms with Gasteiger partial charge in [-0.1, -0.05) is 0 Å². The number of nitrogens with one attached hydrogen (secondary N) is 1. The topological polar surface area (TPSA) is 73.2 Å². The number of aryl methyl sites for hydroxylation is 1. The zero-order chi connectivity index (χ0) is 10.6. The van der Waals surface area contributed by atoms with Crippen molar-refractivity contribution in [3.8, 4) is 0 Å². The van der Waals surface area contributed by atoms with Crippen LogP contribution in [0.15, 0.2) is 12.3 Å². The molecule has 76 valence electrons. The molecule has 1 amide bonds. The maximum atomic E-state index is 11.3. The summed E-state index contributed by atoms with van der Waals surface area (Å²) in [6.45, 7) is -0.147. The Kier molecular flexibility index (Phi) is 3.22. The number of rotatable bonds is 3. The minimum atomic E-state index is -0.491. The fourth-order valence-corrected chi connectivity index (χ4v) is 0.851. The molecule has 0 spiro atoms. The van der Waals surface area contributed by atoms with Crippen molar-refractivity contribution in [1.82, 2.24) is 15.1 Å². The van der Waals surface area contributed by atoms with E-state index in [0.29, 0.717) is 0 Å². The van der Waals surface area contributed by atoms with Crippen LogP contribution in [0.4, 0.5) is 0 Å². The first-order valence-corrected chi connectivity index (χ1v) is 3.98. The third-order valence-electron chi connectivity index (χ3n) is 1.57. The number of hydrogen-bond acceptors (Lipinski definition) is 4. The molecule has 0 unspecified atom stereocenters. The molecular formula is C8H11N3O3. The quantitative estimate of drug-likeness (QED) is 0.652. The van der Waals surface area contributed by atoms with Crippen LogP contribution in [-0.2, 0) is 16.6 Å². The number of carbonyl (C=O) groups excluding carboxylic acids is 2. The fraction of sp³-hybridized carbons (Fsp3) is 0.375. The molecule has 0 fully saturated rings. The number of hydrogen-bond donors (Lipinski definition) is 1. The summed E-state index contributed by atoms with van der Waals surface area (Å²) in [5.41, 5.74) is 0.274. The highest BCUT2D eigenvalue weighted by atomic mass is 16.5. The van der Waals surface area contributed by atoms with E-state index in [-0.39, 0.29) is 12.2 Å². The van der Waals surface area contributed by atoms with Crippen LogP contribution >= 0.6 is 0 Å². The minimum absolute atomic E-state index is 0.147. The van der Waals surface area contributed by atoms with Crippen LogP contribution in [0.3, 0.4) is 0 Å². The second-order valence-electron chi connectivity index (χ2n) is 2.63. The fourth-order valence-electron chi connectivity index (χ4n) is 0.851. The van der Waals surface area contributed by atoms with Gasteiger partial charge in [-0.3, -0.25) is 14.3 Å². The van der Waals surface area contributed by atoms with Gasteiger partial charge in [0, 0.05) is 13.2 Å². The molecule has 0 saturated carbocycles. The summed E-state index contributed by atoms with van der Waals surface area (Å²) in [5.74, 6) is -0.884. The largest absolute Gasteiger partial charge is 0.468 e. The van der Waals surface area contributed by atoms with Crippen molar-refractivity contribution in [2.24, 2.45) is 7.05 Å². The number of ether oxygens (including phenoxy) is 1. The van der Waals surface area contributed by atoms with Crippen LogP contribution in [0, 0.1) is 0 Å². The summed E-state index contributed by atoms with van der Waals surface area (Å²) < 4.78 is 5.87. The molecule has 0 bridgehead atoms. The standard InChI is InChI=1S/C8H11N3O3/c1-11-4-3-6(10-11)8(13)9-5-7(12)14-2/h3-4H,5H2,1-2H3,(H,9,13). The number of amides is 1. The van der Waals surface area contributed by atoms with Gasteiger partial charge in [-0.15, -0.1) is 0 Å². The Morgan fingerprint density at radius 2 is 2.36 bits per heavy atom. The molecule has 6 nitrogen and oxygen atoms in total. The zero-order valence-corrected chi connectivity index (χ0v) is 7.98. The van der Waals surface area contributed by atoms with E-state index in [4.69, 9.17) is 0 Å². The van der Waals surface area contributed by atoms with Gasteiger partial charge < -0.3 is 10.1 Å². The average molecular weight is 197 g/mol. The molecule has 0 saturated heterocycles. The van der Waals surface area contributed by atoms with Crippen LogP contribution in [-0.4, -0.2) is 35.3 Å². The second kappa shape index (κ2) is 4.40. The molecular weight excluding hydrogens is 186 g/mol. The highest BCUT2D eigenvalue weighted by Gasteiger charge is 2.09. The summed E-state index contributed by atoms with van der Waals surface area (Å²) in [4.78, 5) is 22.0. The number of methoxy groups -OCH3 is 1. The lowest BCUT2D eigenvalue weighted by Crippen LogP contribution is -2.30. The number of aromatic nitrogens is 2. The van der Waals surface area contributed by atoms with Crippen LogP contribution in [0.1, 0.15) is 10.5 Å². The van der Waals surface area contributed by atoms with Crippen molar-refractivity contribution in [3.05, 3.63) is 18.0 Å². The summed E-state index contributed by atoms with van der Waals surface area (Å²) in [6.07, 6.45) is 1.65. The van der Waals surface area contributed by atoms with Crippen LogP contribution < -0.4 is 5.32 Å². The number of nitrogens with zero attached hydrogens (tertiary/aromatic N) is 2. The van der Waals surface area contributed by atoms with Crippen LogP contribution in [0.2, 0.25) is 0 Å². The van der Waals surface area contributed by atoms with E-state index in [9.17, 15) is 9.59 Å². The maximum absolute atomic E-state index is 11.3. The van der Waals surface area contributed by atoms with E-state index in [1.165, 1.54) is 11.8 Å². The van der Waals surface area contributed by atoms with Gasteiger partial charge in [0.15, 0.2) is 0 Å². The Labute approximate surface area is 80.8 Å². The predicted octanol–water partition coefficient (Wildman–Crippen LogP) is -0.677. The molecule has 1 N–H and O–H groups in total. The van der Waals surface area contributed by atoms with Crippen LogP contribution in [0.25, 0.3) is 0 Å². The van der Waals surface area contributed by atoms with E-state index >= 15 is 0 Å². The third-order valence-corrected chi connectivity index (χ3v) is 1.57. The highest BCUT2D eigenvalue weighted by molar-refractivity contribution is 5.94. The SMILES string of the molecule is COC(=O)CNC(=O)c1ccn(C)n1. The Morgan fingerprint density at radius 3 is 2.86 bits per heavy atom. The summed E-state index contributed by atoms with van der Waals surface area (Å²) in [5, 5.41) is 6.24. The average Bonchev–Trinajstić information content (AvgIpc) is 2.60. The molecule has 0 aliphatic rings. The summed E-state index contributed by atoms with van der Waals surface area (Å²) in [7, 11) is 2.96. The molecule has 1 heterocycles. The van der Waals surface area contributed by atoms with Gasteiger partial charge >= 0.3 is 5.97 Å². The molecule has 0 radical (unpaired) electrons. The van der Waals surface area contributed by atoms with Gasteiger partial charge in [-0.25, -0.2) is 0 Å². The molecule has 0 aliphatic heterocycles. The van der Waals surface area contributed by atoms with Gasteiger partial charge in [0.2, 0.25) is 0 Å². The Bertz CT molecular complexity index is 345. The smallest absolute Gasteiger partial charge is 0.325 e. The lowest BCUT2D eigenvalue weighted by molar-refractivity contribution is -0.139. The number of esters is 1. The first-order valence-electron chi connectivity index (χ1n) is 3.98. The molecule has 1 aromatic heterocycles. The second-order valence-corrected chi connectivity index (χ2v) is 2.63. The lowest BCUT2D eigenvalue weighted by atomic mass is 10.4. The Hall–Kier alpha value is -1.85. The van der Waals surface area contributed by atoms with Crippen molar-refractivity contribution in [2.45, 2.75) is 0 Å². The summed E-state index contributed by atoms with van der Waals surface area (Å²) in [6, 6.07) is 1.56. The van der Waals surface area contributed by atoms with Crippen molar-refractivity contribution in [1.29, 1.82) is 0 Å². The van der Waals surface area contributed by atoms with Gasteiger partial charge in [-0.2, -0.15) is 5.10 Å². The molecule has 1 rings (SSSR count). The first-order chi connectivity index (χ1) is 6.63. The third kappa shape index (κ3) is 2.58. The zero-order valence-electron chi connectivity index (χ0n) is 7.98. The van der Waals surface area contributed by atoms with Crippen molar-refractivity contribution in [3.63, 3.8) is 0 Å². The first kappa shape index (κ1) is 10.2. The monoisotopic (exact) mass is 197 g/mol. The van der Waals surface area contributed by atoms with Gasteiger partial charge in [-0.05, 0) is 6.07 Å². The van der Waals surface area contributed by atoms with E-state index in [0.717, 1.165) is 0 Å².